The van der Waals surface area contributed by atoms with Gasteiger partial charge in [0.15, 0.2) is 0 Å². The SMILES string of the molecule is Cc1nc(Oc2cc[c-]cc2)nc(C)c1C.[CH3-].[Y]. The van der Waals surface area contributed by atoms with E-state index in [0.29, 0.717) is 6.01 Å². The molecule has 0 saturated heterocycles. The minimum Gasteiger partial charge on any atom is -0.451 e. The molecule has 0 spiro atoms. The van der Waals surface area contributed by atoms with E-state index in [2.05, 4.69) is 16.0 Å². The second-order valence-electron chi connectivity index (χ2n) is 3.64. The summed E-state index contributed by atoms with van der Waals surface area (Å²) in [6.45, 7) is 5.91. The number of rotatable bonds is 2. The van der Waals surface area contributed by atoms with Gasteiger partial charge in [0.1, 0.15) is 0 Å². The van der Waals surface area contributed by atoms with Crippen LogP contribution in [0.1, 0.15) is 17.0 Å². The van der Waals surface area contributed by atoms with Crippen LogP contribution in [0.3, 0.4) is 0 Å². The van der Waals surface area contributed by atoms with E-state index in [1.165, 1.54) is 0 Å². The number of hydrogen-bond donors (Lipinski definition) is 0. The van der Waals surface area contributed by atoms with Crippen LogP contribution < -0.4 is 4.74 Å². The average Bonchev–Trinajstić information content (AvgIpc) is 2.27. The Morgan fingerprint density at radius 1 is 1.00 bits per heavy atom. The summed E-state index contributed by atoms with van der Waals surface area (Å²) in [7, 11) is 0. The Labute approximate surface area is 134 Å². The molecule has 4 heteroatoms. The molecule has 0 amide bonds. The number of ether oxygens (including phenoxy) is 1. The maximum atomic E-state index is 5.55. The maximum absolute atomic E-state index is 5.55. The van der Waals surface area contributed by atoms with Gasteiger partial charge in [-0.15, -0.1) is 12.1 Å². The fraction of sp³-hybridized carbons (Fsp3) is 0.214. The normalized spacial score (nSPS) is 9.06. The van der Waals surface area contributed by atoms with Gasteiger partial charge in [-0.25, -0.2) is 0 Å². The quantitative estimate of drug-likeness (QED) is 0.796. The third kappa shape index (κ3) is 4.14. The number of benzene rings is 1. The third-order valence-electron chi connectivity index (χ3n) is 2.51. The van der Waals surface area contributed by atoms with Crippen molar-refractivity contribution in [2.45, 2.75) is 20.8 Å². The van der Waals surface area contributed by atoms with Crippen molar-refractivity contribution in [3.05, 3.63) is 54.7 Å². The van der Waals surface area contributed by atoms with E-state index in [4.69, 9.17) is 4.74 Å². The Morgan fingerprint density at radius 2 is 1.50 bits per heavy atom. The first-order chi connectivity index (χ1) is 7.66. The summed E-state index contributed by atoms with van der Waals surface area (Å²) in [5.41, 5.74) is 3.00. The largest absolute Gasteiger partial charge is 0.451 e. The van der Waals surface area contributed by atoms with Crippen molar-refractivity contribution in [2.75, 3.05) is 0 Å². The van der Waals surface area contributed by atoms with Gasteiger partial charge in [-0.1, -0.05) is 0 Å². The van der Waals surface area contributed by atoms with E-state index in [0.717, 1.165) is 22.7 Å². The van der Waals surface area contributed by atoms with Crippen molar-refractivity contribution >= 4 is 0 Å². The molecule has 1 heterocycles. The molecule has 0 saturated carbocycles. The van der Waals surface area contributed by atoms with Gasteiger partial charge in [-0.2, -0.15) is 28.2 Å². The molecule has 0 bridgehead atoms. The van der Waals surface area contributed by atoms with Crippen molar-refractivity contribution in [1.29, 1.82) is 0 Å². The van der Waals surface area contributed by atoms with Crippen molar-refractivity contribution in [2.24, 2.45) is 0 Å². The summed E-state index contributed by atoms with van der Waals surface area (Å²) in [5.74, 6) is 0.724. The molecular formula is C14H16N2OY-2. The molecule has 18 heavy (non-hydrogen) atoms. The van der Waals surface area contributed by atoms with Crippen molar-refractivity contribution in [3.63, 3.8) is 0 Å². The van der Waals surface area contributed by atoms with Gasteiger partial charge in [0.25, 0.3) is 0 Å². The van der Waals surface area contributed by atoms with Crippen molar-refractivity contribution in [3.8, 4) is 11.8 Å². The summed E-state index contributed by atoms with van der Waals surface area (Å²) in [5, 5.41) is 0. The van der Waals surface area contributed by atoms with Crippen LogP contribution in [0.5, 0.6) is 11.8 Å². The van der Waals surface area contributed by atoms with E-state index in [-0.39, 0.29) is 40.1 Å². The minimum atomic E-state index is 0. The van der Waals surface area contributed by atoms with E-state index in [1.807, 2.05) is 32.9 Å². The van der Waals surface area contributed by atoms with Gasteiger partial charge in [0.2, 0.25) is 0 Å². The zero-order chi connectivity index (χ0) is 11.5. The summed E-state index contributed by atoms with van der Waals surface area (Å²) in [6, 6.07) is 10.6. The van der Waals surface area contributed by atoms with Gasteiger partial charge >= 0.3 is 6.01 Å². The van der Waals surface area contributed by atoms with Crippen LogP contribution >= 0.6 is 0 Å². The molecule has 2 rings (SSSR count). The molecule has 1 aromatic heterocycles. The Kier molecular flexibility index (Phi) is 7.26. The zero-order valence-corrected chi connectivity index (χ0v) is 14.0. The summed E-state index contributed by atoms with van der Waals surface area (Å²) < 4.78 is 5.55. The molecule has 3 nitrogen and oxygen atoms in total. The van der Waals surface area contributed by atoms with Crippen LogP contribution in [0, 0.1) is 34.3 Å². The second-order valence-corrected chi connectivity index (χ2v) is 3.64. The fourth-order valence-corrected chi connectivity index (χ4v) is 1.33. The van der Waals surface area contributed by atoms with Crippen LogP contribution in [-0.4, -0.2) is 9.97 Å². The van der Waals surface area contributed by atoms with E-state index >= 15 is 0 Å². The van der Waals surface area contributed by atoms with Crippen molar-refractivity contribution < 1.29 is 37.4 Å². The molecule has 0 atom stereocenters. The molecule has 1 radical (unpaired) electrons. The standard InChI is InChI=1S/C13H13N2O.CH3.Y/c1-9-10(2)14-13(15-11(9)3)16-12-7-5-4-6-8-12;;/h5-8H,1-3H3;1H3;/q2*-1;. The Bertz CT molecular complexity index is 477. The second kappa shape index (κ2) is 7.60. The van der Waals surface area contributed by atoms with E-state index < -0.39 is 0 Å². The van der Waals surface area contributed by atoms with Gasteiger partial charge in [-0.05, 0) is 26.3 Å². The average molecular weight is 317 g/mol. The predicted molar refractivity (Wildman–Crippen MR) is 68.0 cm³/mol. The van der Waals surface area contributed by atoms with Crippen LogP contribution in [0.4, 0.5) is 0 Å². The molecule has 0 N–H and O–H groups in total. The molecule has 2 aromatic rings. The monoisotopic (exact) mass is 317 g/mol. The van der Waals surface area contributed by atoms with E-state index in [9.17, 15) is 0 Å². The van der Waals surface area contributed by atoms with Gasteiger partial charge in [-0.3, -0.25) is 0 Å². The Morgan fingerprint density at radius 3 is 2.00 bits per heavy atom. The van der Waals surface area contributed by atoms with Crippen LogP contribution in [-0.2, 0) is 32.7 Å². The molecule has 93 valence electrons. The zero-order valence-electron chi connectivity index (χ0n) is 11.2. The molecule has 1 aromatic carbocycles. The molecule has 0 aliphatic rings. The maximum Gasteiger partial charge on any atom is 0.320 e. The first-order valence-electron chi connectivity index (χ1n) is 5.12. The molecule has 0 fully saturated rings. The third-order valence-corrected chi connectivity index (χ3v) is 2.51. The molecular weight excluding hydrogens is 301 g/mol. The minimum absolute atomic E-state index is 0. The number of hydrogen-bond acceptors (Lipinski definition) is 3. The smallest absolute Gasteiger partial charge is 0.320 e. The Hall–Kier alpha value is -0.796. The molecule has 0 aliphatic heterocycles. The number of nitrogens with zero attached hydrogens (tertiary/aromatic N) is 2. The fourth-order valence-electron chi connectivity index (χ4n) is 1.33. The van der Waals surface area contributed by atoms with Crippen molar-refractivity contribution in [1.82, 2.24) is 9.97 Å². The topological polar surface area (TPSA) is 35.0 Å². The first-order valence-corrected chi connectivity index (χ1v) is 5.12. The number of aryl methyl sites for hydroxylation is 2. The van der Waals surface area contributed by atoms with Crippen LogP contribution in [0.15, 0.2) is 24.3 Å². The van der Waals surface area contributed by atoms with E-state index in [1.54, 1.807) is 12.1 Å². The van der Waals surface area contributed by atoms with Gasteiger partial charge in [0, 0.05) is 49.8 Å². The van der Waals surface area contributed by atoms with Crippen LogP contribution in [0.2, 0.25) is 0 Å². The van der Waals surface area contributed by atoms with Gasteiger partial charge in [0.05, 0.1) is 0 Å². The molecule has 0 unspecified atom stereocenters. The van der Waals surface area contributed by atoms with Crippen LogP contribution in [0.25, 0.3) is 0 Å². The molecule has 0 aliphatic carbocycles. The Balaban J connectivity index is 0.00000144. The summed E-state index contributed by atoms with van der Waals surface area (Å²) >= 11 is 0. The predicted octanol–water partition coefficient (Wildman–Crippen LogP) is 3.44. The summed E-state index contributed by atoms with van der Waals surface area (Å²) in [4.78, 5) is 8.57. The van der Waals surface area contributed by atoms with Gasteiger partial charge < -0.3 is 12.2 Å². The number of aromatic nitrogens is 2. The first kappa shape index (κ1) is 17.2. The summed E-state index contributed by atoms with van der Waals surface area (Å²) in [6.07, 6.45) is 0.